The average molecular weight is 316 g/mol. The lowest BCUT2D eigenvalue weighted by Crippen LogP contribution is -2.49. The van der Waals surface area contributed by atoms with Crippen molar-refractivity contribution in [1.29, 1.82) is 0 Å². The van der Waals surface area contributed by atoms with Gasteiger partial charge in [0.15, 0.2) is 0 Å². The van der Waals surface area contributed by atoms with Gasteiger partial charge < -0.3 is 10.4 Å². The van der Waals surface area contributed by atoms with E-state index in [-0.39, 0.29) is 17.5 Å². The molecule has 116 valence electrons. The van der Waals surface area contributed by atoms with Crippen molar-refractivity contribution in [2.45, 2.75) is 0 Å². The van der Waals surface area contributed by atoms with Gasteiger partial charge in [-0.25, -0.2) is 4.39 Å². The summed E-state index contributed by atoms with van der Waals surface area (Å²) in [7, 11) is 0. The number of amides is 1. The van der Waals surface area contributed by atoms with Crippen LogP contribution in [0.25, 0.3) is 0 Å². The molecule has 21 heavy (non-hydrogen) atoms. The van der Waals surface area contributed by atoms with Gasteiger partial charge in [-0.15, -0.1) is 0 Å². The minimum absolute atomic E-state index is 0.00887. The van der Waals surface area contributed by atoms with Gasteiger partial charge in [0, 0.05) is 38.4 Å². The molecule has 0 spiro atoms. The van der Waals surface area contributed by atoms with E-state index in [9.17, 15) is 9.18 Å². The van der Waals surface area contributed by atoms with Crippen molar-refractivity contribution in [1.82, 2.24) is 9.80 Å². The van der Waals surface area contributed by atoms with Gasteiger partial charge >= 0.3 is 0 Å². The molecule has 1 saturated heterocycles. The van der Waals surface area contributed by atoms with Gasteiger partial charge in [-0.05, 0) is 18.2 Å². The summed E-state index contributed by atoms with van der Waals surface area (Å²) in [5.41, 5.74) is 0.491. The molecule has 0 saturated carbocycles. The SMILES string of the molecule is O=C(CN1CCN(CCO)CC1)Nc1ccc(F)c(Cl)c1. The third-order valence-corrected chi connectivity index (χ3v) is 3.74. The van der Waals surface area contributed by atoms with Crippen LogP contribution in [0.1, 0.15) is 0 Å². The minimum atomic E-state index is -0.505. The van der Waals surface area contributed by atoms with E-state index in [2.05, 4.69) is 10.2 Å². The molecule has 0 aromatic heterocycles. The first-order valence-electron chi connectivity index (χ1n) is 6.89. The van der Waals surface area contributed by atoms with Crippen molar-refractivity contribution in [3.63, 3.8) is 0 Å². The van der Waals surface area contributed by atoms with Crippen LogP contribution in [0.2, 0.25) is 5.02 Å². The van der Waals surface area contributed by atoms with Crippen LogP contribution in [-0.4, -0.2) is 66.7 Å². The standard InChI is InChI=1S/C14H19ClFN3O2/c15-12-9-11(1-2-13(12)16)17-14(21)10-19-5-3-18(4-6-19)7-8-20/h1-2,9,20H,3-8,10H2,(H,17,21). The molecule has 7 heteroatoms. The largest absolute Gasteiger partial charge is 0.395 e. The van der Waals surface area contributed by atoms with Crippen molar-refractivity contribution >= 4 is 23.2 Å². The molecule has 1 aromatic carbocycles. The van der Waals surface area contributed by atoms with Crippen molar-refractivity contribution in [3.05, 3.63) is 29.0 Å². The number of nitrogens with zero attached hydrogens (tertiary/aromatic N) is 2. The topological polar surface area (TPSA) is 55.8 Å². The molecular weight excluding hydrogens is 297 g/mol. The molecule has 0 bridgehead atoms. The number of carbonyl (C=O) groups excluding carboxylic acids is 1. The molecule has 1 aromatic rings. The van der Waals surface area contributed by atoms with Crippen molar-refractivity contribution in [3.8, 4) is 0 Å². The van der Waals surface area contributed by atoms with E-state index in [0.717, 1.165) is 26.2 Å². The lowest BCUT2D eigenvalue weighted by atomic mass is 10.3. The number of piperazine rings is 1. The fourth-order valence-corrected chi connectivity index (χ4v) is 2.47. The van der Waals surface area contributed by atoms with E-state index in [0.29, 0.717) is 18.8 Å². The number of nitrogens with one attached hydrogen (secondary N) is 1. The van der Waals surface area contributed by atoms with Gasteiger partial charge in [-0.1, -0.05) is 11.6 Å². The van der Waals surface area contributed by atoms with Crippen LogP contribution < -0.4 is 5.32 Å². The molecule has 0 aliphatic carbocycles. The second-order valence-corrected chi connectivity index (χ2v) is 5.43. The first-order valence-corrected chi connectivity index (χ1v) is 7.27. The van der Waals surface area contributed by atoms with Gasteiger partial charge in [0.25, 0.3) is 0 Å². The maximum absolute atomic E-state index is 13.0. The zero-order valence-corrected chi connectivity index (χ0v) is 12.4. The summed E-state index contributed by atoms with van der Waals surface area (Å²) in [6, 6.07) is 4.11. The smallest absolute Gasteiger partial charge is 0.238 e. The molecule has 2 N–H and O–H groups in total. The number of aliphatic hydroxyl groups is 1. The molecule has 2 rings (SSSR count). The van der Waals surface area contributed by atoms with Crippen LogP contribution >= 0.6 is 11.6 Å². The molecule has 0 atom stereocenters. The van der Waals surface area contributed by atoms with Gasteiger partial charge in [0.2, 0.25) is 5.91 Å². The molecule has 0 unspecified atom stereocenters. The second kappa shape index (κ2) is 7.70. The summed E-state index contributed by atoms with van der Waals surface area (Å²) in [5, 5.41) is 11.6. The molecule has 1 amide bonds. The van der Waals surface area contributed by atoms with Gasteiger partial charge in [-0.3, -0.25) is 14.6 Å². The Morgan fingerprint density at radius 1 is 1.29 bits per heavy atom. The number of carbonyl (C=O) groups is 1. The normalized spacial score (nSPS) is 16.9. The fraction of sp³-hybridized carbons (Fsp3) is 0.500. The Balaban J connectivity index is 1.78. The predicted octanol–water partition coefficient (Wildman–Crippen LogP) is 1.03. The Hall–Kier alpha value is -1.21. The minimum Gasteiger partial charge on any atom is -0.395 e. The summed E-state index contributed by atoms with van der Waals surface area (Å²) in [5.74, 6) is -0.650. The third kappa shape index (κ3) is 4.93. The van der Waals surface area contributed by atoms with E-state index in [1.807, 2.05) is 4.90 Å². The number of hydrogen-bond acceptors (Lipinski definition) is 4. The highest BCUT2D eigenvalue weighted by Gasteiger charge is 2.18. The quantitative estimate of drug-likeness (QED) is 0.852. The Labute approximate surface area is 128 Å². The highest BCUT2D eigenvalue weighted by molar-refractivity contribution is 6.31. The zero-order valence-electron chi connectivity index (χ0n) is 11.7. The zero-order chi connectivity index (χ0) is 15.2. The van der Waals surface area contributed by atoms with Gasteiger partial charge in [-0.2, -0.15) is 0 Å². The van der Waals surface area contributed by atoms with Gasteiger partial charge in [0.05, 0.1) is 18.2 Å². The number of β-amino-alcohol motifs (C(OH)–C–C–N with tert-alkyl or cyclic N) is 1. The summed E-state index contributed by atoms with van der Waals surface area (Å²) >= 11 is 5.67. The average Bonchev–Trinajstić information content (AvgIpc) is 2.45. The lowest BCUT2D eigenvalue weighted by Gasteiger charge is -2.33. The molecule has 1 aliphatic rings. The molecule has 1 fully saturated rings. The van der Waals surface area contributed by atoms with Crippen molar-refractivity contribution in [2.24, 2.45) is 0 Å². The number of benzene rings is 1. The molecule has 0 radical (unpaired) electrons. The van der Waals surface area contributed by atoms with E-state index in [1.54, 1.807) is 0 Å². The first-order chi connectivity index (χ1) is 10.1. The Morgan fingerprint density at radius 3 is 2.57 bits per heavy atom. The predicted molar refractivity (Wildman–Crippen MR) is 80.0 cm³/mol. The Bertz CT molecular complexity index is 493. The number of hydrogen-bond donors (Lipinski definition) is 2. The maximum Gasteiger partial charge on any atom is 0.238 e. The fourth-order valence-electron chi connectivity index (χ4n) is 2.29. The molecule has 5 nitrogen and oxygen atoms in total. The van der Waals surface area contributed by atoms with Crippen LogP contribution in [0.15, 0.2) is 18.2 Å². The van der Waals surface area contributed by atoms with Crippen LogP contribution in [0.4, 0.5) is 10.1 Å². The summed E-state index contributed by atoms with van der Waals surface area (Å²) in [6.07, 6.45) is 0. The highest BCUT2D eigenvalue weighted by Crippen LogP contribution is 2.19. The van der Waals surface area contributed by atoms with E-state index in [1.165, 1.54) is 18.2 Å². The van der Waals surface area contributed by atoms with Gasteiger partial charge in [0.1, 0.15) is 5.82 Å². The monoisotopic (exact) mass is 315 g/mol. The van der Waals surface area contributed by atoms with E-state index >= 15 is 0 Å². The number of rotatable bonds is 5. The highest BCUT2D eigenvalue weighted by atomic mass is 35.5. The Kier molecular flexibility index (Phi) is 5.93. The van der Waals surface area contributed by atoms with Crippen molar-refractivity contribution < 1.29 is 14.3 Å². The van der Waals surface area contributed by atoms with Crippen LogP contribution in [0.5, 0.6) is 0 Å². The van der Waals surface area contributed by atoms with Crippen LogP contribution in [0.3, 0.4) is 0 Å². The summed E-state index contributed by atoms with van der Waals surface area (Å²) in [6.45, 7) is 4.39. The van der Waals surface area contributed by atoms with E-state index < -0.39 is 5.82 Å². The Morgan fingerprint density at radius 2 is 1.95 bits per heavy atom. The maximum atomic E-state index is 13.0. The third-order valence-electron chi connectivity index (χ3n) is 3.45. The summed E-state index contributed by atoms with van der Waals surface area (Å²) in [4.78, 5) is 16.2. The second-order valence-electron chi connectivity index (χ2n) is 5.02. The van der Waals surface area contributed by atoms with Crippen LogP contribution in [0, 0.1) is 5.82 Å². The first kappa shape index (κ1) is 16.2. The van der Waals surface area contributed by atoms with E-state index in [4.69, 9.17) is 16.7 Å². The summed E-state index contributed by atoms with van der Waals surface area (Å²) < 4.78 is 13.0. The number of anilines is 1. The molecular formula is C14H19ClFN3O2. The lowest BCUT2D eigenvalue weighted by molar-refractivity contribution is -0.117. The van der Waals surface area contributed by atoms with Crippen molar-refractivity contribution in [2.75, 3.05) is 51.2 Å². The number of halogens is 2. The molecule has 1 heterocycles. The number of aliphatic hydroxyl groups excluding tert-OH is 1. The molecule has 1 aliphatic heterocycles. The van der Waals surface area contributed by atoms with Crippen LogP contribution in [-0.2, 0) is 4.79 Å².